The molecule has 1 fully saturated rings. The zero-order valence-corrected chi connectivity index (χ0v) is 15.2. The number of aromatic nitrogens is 4. The van der Waals surface area contributed by atoms with Crippen molar-refractivity contribution in [2.24, 2.45) is 5.92 Å². The second-order valence-corrected chi connectivity index (χ2v) is 6.61. The van der Waals surface area contributed by atoms with Gasteiger partial charge >= 0.3 is 0 Å². The van der Waals surface area contributed by atoms with Crippen molar-refractivity contribution in [1.82, 2.24) is 25.1 Å². The molecule has 28 heavy (non-hydrogen) atoms. The zero-order valence-electron chi connectivity index (χ0n) is 15.2. The van der Waals surface area contributed by atoms with E-state index in [1.807, 2.05) is 36.4 Å². The van der Waals surface area contributed by atoms with E-state index in [0.29, 0.717) is 26.2 Å². The fourth-order valence-electron chi connectivity index (χ4n) is 3.10. The van der Waals surface area contributed by atoms with Crippen molar-refractivity contribution >= 4 is 11.7 Å². The van der Waals surface area contributed by atoms with Gasteiger partial charge in [-0.15, -0.1) is 0 Å². The third-order valence-electron chi connectivity index (χ3n) is 4.71. The van der Waals surface area contributed by atoms with E-state index < -0.39 is 0 Å². The van der Waals surface area contributed by atoms with Crippen molar-refractivity contribution in [3.8, 4) is 11.3 Å². The maximum atomic E-state index is 12.3. The van der Waals surface area contributed by atoms with E-state index in [-0.39, 0.29) is 17.4 Å². The minimum absolute atomic E-state index is 0.0161. The number of nitrogens with zero attached hydrogens (tertiary/aromatic N) is 5. The lowest BCUT2D eigenvalue weighted by Gasteiger charge is -2.39. The highest BCUT2D eigenvalue weighted by molar-refractivity contribution is 5.81. The summed E-state index contributed by atoms with van der Waals surface area (Å²) < 4.78 is 1.33. The summed E-state index contributed by atoms with van der Waals surface area (Å²) in [5.41, 5.74) is 1.72. The van der Waals surface area contributed by atoms with E-state index in [2.05, 4.69) is 25.3 Å². The lowest BCUT2D eigenvalue weighted by atomic mass is 9.99. The molecule has 0 saturated carbocycles. The van der Waals surface area contributed by atoms with Crippen molar-refractivity contribution in [2.75, 3.05) is 24.5 Å². The zero-order chi connectivity index (χ0) is 19.3. The maximum absolute atomic E-state index is 12.3. The molecule has 8 heteroatoms. The molecule has 1 N–H and O–H groups in total. The number of benzene rings is 1. The summed E-state index contributed by atoms with van der Waals surface area (Å²) in [7, 11) is 0. The Kier molecular flexibility index (Phi) is 5.09. The molecule has 1 aliphatic heterocycles. The molecule has 2 aromatic heterocycles. The highest BCUT2D eigenvalue weighted by Gasteiger charge is 2.33. The third kappa shape index (κ3) is 3.90. The summed E-state index contributed by atoms with van der Waals surface area (Å²) in [5, 5.41) is 6.84. The third-order valence-corrected chi connectivity index (χ3v) is 4.71. The van der Waals surface area contributed by atoms with Gasteiger partial charge in [-0.1, -0.05) is 30.3 Å². The van der Waals surface area contributed by atoms with Crippen LogP contribution in [0.15, 0.2) is 65.8 Å². The van der Waals surface area contributed by atoms with Crippen LogP contribution < -0.4 is 15.8 Å². The molecule has 142 valence electrons. The standard InChI is InChI=1S/C20H20N6O2/c27-19-7-4-8-24-26(19)10-9-21-20(28)16-12-25(13-16)18-11-17(22-14-23-18)15-5-2-1-3-6-15/h1-8,11,14,16H,9-10,12-13H2,(H,21,28). The Hall–Kier alpha value is -3.55. The SMILES string of the molecule is O=C(NCCn1ncccc1=O)C1CN(c2cc(-c3ccccc3)ncn2)C1. The number of nitrogens with one attached hydrogen (secondary N) is 1. The average Bonchev–Trinajstić information content (AvgIpc) is 2.69. The highest BCUT2D eigenvalue weighted by atomic mass is 16.2. The molecule has 0 aliphatic carbocycles. The van der Waals surface area contributed by atoms with Crippen LogP contribution in [0.3, 0.4) is 0 Å². The second kappa shape index (κ2) is 7.99. The van der Waals surface area contributed by atoms with E-state index in [4.69, 9.17) is 0 Å². The van der Waals surface area contributed by atoms with Crippen LogP contribution in [-0.4, -0.2) is 45.3 Å². The topological polar surface area (TPSA) is 93.0 Å². The molecule has 1 amide bonds. The van der Waals surface area contributed by atoms with Crippen LogP contribution in [0.5, 0.6) is 0 Å². The average molecular weight is 376 g/mol. The number of carbonyl (C=O) groups is 1. The van der Waals surface area contributed by atoms with Crippen LogP contribution >= 0.6 is 0 Å². The van der Waals surface area contributed by atoms with Crippen LogP contribution in [0, 0.1) is 5.92 Å². The Bertz CT molecular complexity index is 1010. The van der Waals surface area contributed by atoms with E-state index >= 15 is 0 Å². The molecular weight excluding hydrogens is 356 g/mol. The minimum Gasteiger partial charge on any atom is -0.355 e. The van der Waals surface area contributed by atoms with Gasteiger partial charge in [0.2, 0.25) is 5.91 Å². The first kappa shape index (κ1) is 17.8. The van der Waals surface area contributed by atoms with E-state index in [9.17, 15) is 9.59 Å². The molecule has 1 saturated heterocycles. The lowest BCUT2D eigenvalue weighted by Crippen LogP contribution is -2.54. The lowest BCUT2D eigenvalue weighted by molar-refractivity contribution is -0.125. The van der Waals surface area contributed by atoms with Gasteiger partial charge in [-0.2, -0.15) is 5.10 Å². The first-order valence-electron chi connectivity index (χ1n) is 9.13. The van der Waals surface area contributed by atoms with Gasteiger partial charge in [-0.3, -0.25) is 9.59 Å². The number of hydrogen-bond donors (Lipinski definition) is 1. The predicted molar refractivity (Wildman–Crippen MR) is 105 cm³/mol. The van der Waals surface area contributed by atoms with Crippen molar-refractivity contribution < 1.29 is 4.79 Å². The van der Waals surface area contributed by atoms with Crippen molar-refractivity contribution in [1.29, 1.82) is 0 Å². The molecule has 0 atom stereocenters. The van der Waals surface area contributed by atoms with Crippen LogP contribution in [0.2, 0.25) is 0 Å². The fraction of sp³-hybridized carbons (Fsp3) is 0.250. The summed E-state index contributed by atoms with van der Waals surface area (Å²) in [6, 6.07) is 14.9. The van der Waals surface area contributed by atoms with Gasteiger partial charge in [0, 0.05) is 43.5 Å². The number of rotatable bonds is 6. The van der Waals surface area contributed by atoms with Gasteiger partial charge in [0.15, 0.2) is 0 Å². The normalized spacial score (nSPS) is 13.8. The van der Waals surface area contributed by atoms with E-state index in [1.165, 1.54) is 10.7 Å². The van der Waals surface area contributed by atoms with Crippen LogP contribution in [0.1, 0.15) is 0 Å². The molecule has 3 heterocycles. The largest absolute Gasteiger partial charge is 0.355 e. The summed E-state index contributed by atoms with van der Waals surface area (Å²) in [6.45, 7) is 1.95. The molecule has 0 unspecified atom stereocenters. The molecular formula is C20H20N6O2. The van der Waals surface area contributed by atoms with E-state index in [1.54, 1.807) is 18.6 Å². The molecule has 8 nitrogen and oxygen atoms in total. The predicted octanol–water partition coefficient (Wildman–Crippen LogP) is 0.953. The van der Waals surface area contributed by atoms with Gasteiger partial charge in [0.1, 0.15) is 12.1 Å². The first-order chi connectivity index (χ1) is 13.7. The van der Waals surface area contributed by atoms with Crippen molar-refractivity contribution in [3.05, 3.63) is 71.4 Å². The smallest absolute Gasteiger partial charge is 0.266 e. The van der Waals surface area contributed by atoms with Gasteiger partial charge in [0.05, 0.1) is 18.2 Å². The molecule has 0 radical (unpaired) electrons. The van der Waals surface area contributed by atoms with Crippen molar-refractivity contribution in [2.45, 2.75) is 6.54 Å². The Labute approximate surface area is 161 Å². The molecule has 1 aliphatic rings. The number of hydrogen-bond acceptors (Lipinski definition) is 6. The molecule has 0 spiro atoms. The van der Waals surface area contributed by atoms with E-state index in [0.717, 1.165) is 17.1 Å². The van der Waals surface area contributed by atoms with Gasteiger partial charge in [-0.05, 0) is 6.07 Å². The van der Waals surface area contributed by atoms with Gasteiger partial charge in [0.25, 0.3) is 5.56 Å². The Morgan fingerprint density at radius 3 is 2.71 bits per heavy atom. The quantitative estimate of drug-likeness (QED) is 0.689. The Balaban J connectivity index is 1.29. The molecule has 1 aromatic carbocycles. The highest BCUT2D eigenvalue weighted by Crippen LogP contribution is 2.26. The van der Waals surface area contributed by atoms with Gasteiger partial charge < -0.3 is 10.2 Å². The fourth-order valence-corrected chi connectivity index (χ4v) is 3.10. The van der Waals surface area contributed by atoms with Crippen molar-refractivity contribution in [3.63, 3.8) is 0 Å². The minimum atomic E-state index is -0.176. The maximum Gasteiger partial charge on any atom is 0.266 e. The summed E-state index contributed by atoms with van der Waals surface area (Å²) in [4.78, 5) is 34.6. The number of anilines is 1. The molecule has 4 rings (SSSR count). The summed E-state index contributed by atoms with van der Waals surface area (Å²) in [5.74, 6) is 0.714. The number of carbonyl (C=O) groups excluding carboxylic acids is 1. The van der Waals surface area contributed by atoms with Gasteiger partial charge in [-0.25, -0.2) is 14.6 Å². The number of amides is 1. The van der Waals surface area contributed by atoms with Crippen LogP contribution in [-0.2, 0) is 11.3 Å². The molecule has 3 aromatic rings. The first-order valence-corrected chi connectivity index (χ1v) is 9.13. The Morgan fingerprint density at radius 2 is 1.93 bits per heavy atom. The Morgan fingerprint density at radius 1 is 1.11 bits per heavy atom. The summed E-state index contributed by atoms with van der Waals surface area (Å²) in [6.07, 6.45) is 3.11. The molecule has 0 bridgehead atoms. The summed E-state index contributed by atoms with van der Waals surface area (Å²) >= 11 is 0. The van der Waals surface area contributed by atoms with Crippen LogP contribution in [0.4, 0.5) is 5.82 Å². The second-order valence-electron chi connectivity index (χ2n) is 6.61. The monoisotopic (exact) mass is 376 g/mol. The van der Waals surface area contributed by atoms with Crippen LogP contribution in [0.25, 0.3) is 11.3 Å².